The Morgan fingerprint density at radius 1 is 0.380 bits per heavy atom. The number of carbonyl (C=O) groups excluding carboxylic acids is 4. The number of anilines is 4. The fourth-order valence-electron chi connectivity index (χ4n) is 14.0. The largest absolute Gasteiger partial charge is 0.309 e. The molecule has 8 aromatic rings. The lowest BCUT2D eigenvalue weighted by Gasteiger charge is -2.23. The summed E-state index contributed by atoms with van der Waals surface area (Å²) in [6, 6.07) is 33.7. The number of hydrogen-bond acceptors (Lipinski definition) is 12. The van der Waals surface area contributed by atoms with E-state index >= 15 is 0 Å². The van der Waals surface area contributed by atoms with Crippen LogP contribution >= 0.6 is 0 Å². The zero-order valence-corrected chi connectivity index (χ0v) is 61.6. The lowest BCUT2D eigenvalue weighted by Crippen LogP contribution is -2.23. The van der Waals surface area contributed by atoms with Gasteiger partial charge in [0.15, 0.2) is 23.3 Å². The molecular weight excluding hydrogens is 1240 g/mol. The molecule has 16 heteroatoms. The predicted molar refractivity (Wildman–Crippen MR) is 404 cm³/mol. The quantitative estimate of drug-likeness (QED) is 0.0630. The van der Waals surface area contributed by atoms with Crippen molar-refractivity contribution in [2.75, 3.05) is 21.3 Å². The molecule has 4 heterocycles. The number of carbonyl (C=O) groups is 4. The standard InChI is InChI=1S/C24H31N3O.2C21H27N3O.C18H21N3O/c1-16(2)14-21-24(27-22(28)15-17-8-4-3-5-9-17)26-20-13-12-18-10-6-7-11-19(18)23(20)25-21;1-13(2)11-18-21(24-19(25)12-14(3)4)23-17-10-9-15-7-5-6-8-16(15)20(17)22-18;1-5-14(4)21(25)24-20-18(12-13(2)3)22-19-16-9-7-6-8-15(16)10-11-17(19)23-20;1-11(2)10-16-18(19-12(3)22)21-15-9-8-13-6-4-5-7-14(13)17(15)20-16/h6-7,10-11,16-17H,3-5,8-9,12-15H2,1-2H3,(H,26,27,28);5-8,13-14H,9-12H2,1-4H3,(H,23,24,25);6-9,13-14H,5,10-12H2,1-4H3,(H,23,24,25);4-7,11H,8-10H2,1-3H3,(H,19,21,22). The zero-order chi connectivity index (χ0) is 71.1. The second kappa shape index (κ2) is 34.4. The van der Waals surface area contributed by atoms with Crippen LogP contribution in [0.3, 0.4) is 0 Å². The first kappa shape index (κ1) is 73.8. The van der Waals surface area contributed by atoms with Crippen LogP contribution in [-0.4, -0.2) is 63.5 Å². The molecule has 0 bridgehead atoms. The highest BCUT2D eigenvalue weighted by Gasteiger charge is 2.29. The molecular formula is C84H106N12O4. The van der Waals surface area contributed by atoms with Crippen molar-refractivity contribution in [1.82, 2.24) is 39.9 Å². The van der Waals surface area contributed by atoms with Crippen molar-refractivity contribution >= 4 is 46.9 Å². The summed E-state index contributed by atoms with van der Waals surface area (Å²) < 4.78 is 0. The van der Waals surface area contributed by atoms with Crippen LogP contribution in [0.5, 0.6) is 0 Å². The number of nitrogens with zero attached hydrogens (tertiary/aromatic N) is 8. The minimum atomic E-state index is -0.101. The van der Waals surface area contributed by atoms with E-state index < -0.39 is 0 Å². The highest BCUT2D eigenvalue weighted by atomic mass is 16.2. The lowest BCUT2D eigenvalue weighted by molar-refractivity contribution is -0.119. The molecule has 4 aromatic heterocycles. The smallest absolute Gasteiger partial charge is 0.228 e. The van der Waals surface area contributed by atoms with Crippen LogP contribution in [-0.2, 0) is 96.2 Å². The van der Waals surface area contributed by atoms with E-state index in [1.807, 2.05) is 33.8 Å². The van der Waals surface area contributed by atoms with E-state index in [0.29, 0.717) is 71.6 Å². The number of nitrogens with one attached hydrogen (secondary N) is 4. The van der Waals surface area contributed by atoms with Crippen molar-refractivity contribution in [2.24, 2.45) is 41.4 Å². The van der Waals surface area contributed by atoms with Crippen LogP contribution in [0, 0.1) is 41.4 Å². The Hall–Kier alpha value is -8.92. The number of aromatic nitrogens is 8. The van der Waals surface area contributed by atoms with Crippen LogP contribution in [0.4, 0.5) is 23.3 Å². The Morgan fingerprint density at radius 3 is 1.00 bits per heavy atom. The van der Waals surface area contributed by atoms with Crippen LogP contribution in [0.2, 0.25) is 0 Å². The molecule has 1 fully saturated rings. The van der Waals surface area contributed by atoms with Gasteiger partial charge in [-0.25, -0.2) is 39.9 Å². The summed E-state index contributed by atoms with van der Waals surface area (Å²) in [5.74, 6) is 5.30. The van der Waals surface area contributed by atoms with E-state index in [-0.39, 0.29) is 29.5 Å². The highest BCUT2D eigenvalue weighted by molar-refractivity contribution is 5.93. The number of hydrogen-bond donors (Lipinski definition) is 4. The molecule has 100 heavy (non-hydrogen) atoms. The van der Waals surface area contributed by atoms with Crippen LogP contribution in [0.1, 0.15) is 209 Å². The van der Waals surface area contributed by atoms with Gasteiger partial charge in [-0.1, -0.05) is 199 Å². The summed E-state index contributed by atoms with van der Waals surface area (Å²) in [5.41, 5.74) is 21.6. The number of rotatable bonds is 18. The molecule has 1 saturated carbocycles. The topological polar surface area (TPSA) is 220 Å². The third-order valence-electron chi connectivity index (χ3n) is 19.1. The minimum absolute atomic E-state index is 0.0189. The van der Waals surface area contributed by atoms with Gasteiger partial charge in [0.05, 0.1) is 68.3 Å². The van der Waals surface area contributed by atoms with Crippen molar-refractivity contribution in [2.45, 2.75) is 218 Å². The first-order valence-electron chi connectivity index (χ1n) is 37.2. The number of benzene rings is 4. The van der Waals surface area contributed by atoms with E-state index in [0.717, 1.165) is 152 Å². The van der Waals surface area contributed by atoms with Crippen molar-refractivity contribution in [3.8, 4) is 45.0 Å². The summed E-state index contributed by atoms with van der Waals surface area (Å²) in [6.45, 7) is 26.9. The Balaban J connectivity index is 0.000000144. The van der Waals surface area contributed by atoms with Crippen molar-refractivity contribution in [3.05, 3.63) is 165 Å². The van der Waals surface area contributed by atoms with E-state index in [2.05, 4.69) is 168 Å². The van der Waals surface area contributed by atoms with Crippen LogP contribution in [0.25, 0.3) is 45.0 Å². The van der Waals surface area contributed by atoms with Gasteiger partial charge in [-0.15, -0.1) is 0 Å². The van der Waals surface area contributed by atoms with E-state index in [1.165, 1.54) is 83.5 Å². The lowest BCUT2D eigenvalue weighted by atomic mass is 9.87. The number of amides is 4. The van der Waals surface area contributed by atoms with Gasteiger partial charge >= 0.3 is 0 Å². The zero-order valence-electron chi connectivity index (χ0n) is 61.6. The van der Waals surface area contributed by atoms with Gasteiger partial charge in [-0.3, -0.25) is 19.2 Å². The molecule has 5 aliphatic rings. The molecule has 1 unspecified atom stereocenters. The highest BCUT2D eigenvalue weighted by Crippen LogP contribution is 2.38. The van der Waals surface area contributed by atoms with Gasteiger partial charge in [0.1, 0.15) is 0 Å². The minimum Gasteiger partial charge on any atom is -0.309 e. The van der Waals surface area contributed by atoms with Gasteiger partial charge in [0, 0.05) is 47.9 Å². The normalized spacial score (nSPS) is 14.1. The number of aryl methyl sites for hydroxylation is 8. The summed E-state index contributed by atoms with van der Waals surface area (Å²) in [5, 5.41) is 12.0. The maximum atomic E-state index is 12.7. The number of fused-ring (bicyclic) bond motifs is 12. The van der Waals surface area contributed by atoms with Crippen molar-refractivity contribution in [3.63, 3.8) is 0 Å². The van der Waals surface area contributed by atoms with E-state index in [1.54, 1.807) is 0 Å². The third-order valence-corrected chi connectivity index (χ3v) is 19.1. The maximum Gasteiger partial charge on any atom is 0.228 e. The van der Waals surface area contributed by atoms with Gasteiger partial charge < -0.3 is 21.3 Å². The first-order valence-corrected chi connectivity index (χ1v) is 37.2. The summed E-state index contributed by atoms with van der Waals surface area (Å²) in [6.07, 6.45) is 18.7. The summed E-state index contributed by atoms with van der Waals surface area (Å²) in [4.78, 5) is 87.8. The Labute approximate surface area is 593 Å². The molecule has 526 valence electrons. The molecule has 4 amide bonds. The second-order valence-corrected chi connectivity index (χ2v) is 30.2. The molecule has 1 atom stereocenters. The fourth-order valence-corrected chi connectivity index (χ4v) is 14.0. The molecule has 0 spiro atoms. The molecule has 13 rings (SSSR count). The molecule has 0 aliphatic heterocycles. The Morgan fingerprint density at radius 2 is 0.690 bits per heavy atom. The van der Waals surface area contributed by atoms with E-state index in [4.69, 9.17) is 39.9 Å². The fraction of sp³-hybridized carbons (Fsp3) is 0.476. The van der Waals surface area contributed by atoms with Gasteiger partial charge in [-0.2, -0.15) is 0 Å². The first-order chi connectivity index (χ1) is 48.1. The van der Waals surface area contributed by atoms with Gasteiger partial charge in [0.25, 0.3) is 0 Å². The molecule has 4 aromatic carbocycles. The van der Waals surface area contributed by atoms with Crippen LogP contribution in [0.15, 0.2) is 97.1 Å². The summed E-state index contributed by atoms with van der Waals surface area (Å²) in [7, 11) is 0. The average Bonchev–Trinajstić information content (AvgIpc) is 0.798. The maximum absolute atomic E-state index is 12.7. The SMILES string of the molecule is CC(=O)Nc1nc2c(nc1CC(C)C)-c1ccccc1CC2.CC(C)CC(=O)Nc1nc2c(nc1CC(C)C)-c1ccccc1CC2.CC(C)Cc1nc2c(nc1NC(=O)CC1CCCCC1)CCc1ccccc1-2.CCC(C)C(=O)Nc1nc2c(nc1CC(C)C)-c1ccccc1CC2. The second-order valence-electron chi connectivity index (χ2n) is 30.2. The van der Waals surface area contributed by atoms with Crippen molar-refractivity contribution in [1.29, 1.82) is 0 Å². The molecule has 4 N–H and O–H groups in total. The molecule has 0 radical (unpaired) electrons. The molecule has 5 aliphatic carbocycles. The molecule has 0 saturated heterocycles. The van der Waals surface area contributed by atoms with Gasteiger partial charge in [0.2, 0.25) is 23.6 Å². The van der Waals surface area contributed by atoms with Crippen molar-refractivity contribution < 1.29 is 19.2 Å². The van der Waals surface area contributed by atoms with E-state index in [9.17, 15) is 19.2 Å². The Kier molecular flexibility index (Phi) is 25.4. The molecule has 16 nitrogen and oxygen atoms in total. The van der Waals surface area contributed by atoms with Crippen LogP contribution < -0.4 is 21.3 Å². The average molecular weight is 1350 g/mol. The summed E-state index contributed by atoms with van der Waals surface area (Å²) >= 11 is 0. The predicted octanol–water partition coefficient (Wildman–Crippen LogP) is 17.6. The van der Waals surface area contributed by atoms with Gasteiger partial charge in [-0.05, 0) is 154 Å². The Bertz CT molecular complexity index is 4210. The third kappa shape index (κ3) is 19.3. The monoisotopic (exact) mass is 1350 g/mol.